The van der Waals surface area contributed by atoms with E-state index in [1.807, 2.05) is 18.2 Å². The first-order chi connectivity index (χ1) is 9.97. The van der Waals surface area contributed by atoms with Crippen LogP contribution in [0, 0.1) is 20.8 Å². The van der Waals surface area contributed by atoms with Crippen LogP contribution in [0.25, 0.3) is 22.0 Å². The molecule has 1 heterocycles. The number of aromatic nitrogens is 1. The Balaban J connectivity index is 2.39. The first-order valence-corrected chi connectivity index (χ1v) is 7.00. The van der Waals surface area contributed by atoms with E-state index in [0.29, 0.717) is 5.82 Å². The van der Waals surface area contributed by atoms with Gasteiger partial charge in [0.1, 0.15) is 5.82 Å². The monoisotopic (exact) mass is 277 g/mol. The van der Waals surface area contributed by atoms with Crippen LogP contribution in [-0.4, -0.2) is 4.98 Å². The average molecular weight is 277 g/mol. The first kappa shape index (κ1) is 13.4. The number of nitrogens with two attached hydrogens (primary N) is 2. The zero-order valence-corrected chi connectivity index (χ0v) is 12.6. The van der Waals surface area contributed by atoms with Crippen molar-refractivity contribution in [3.05, 3.63) is 53.1 Å². The third-order valence-electron chi connectivity index (χ3n) is 3.89. The minimum Gasteiger partial charge on any atom is -0.399 e. The van der Waals surface area contributed by atoms with Gasteiger partial charge in [0.25, 0.3) is 0 Å². The summed E-state index contributed by atoms with van der Waals surface area (Å²) in [4.78, 5) is 4.62. The molecule has 3 nitrogen and oxygen atoms in total. The van der Waals surface area contributed by atoms with Crippen LogP contribution in [0.15, 0.2) is 36.4 Å². The van der Waals surface area contributed by atoms with E-state index >= 15 is 0 Å². The third kappa shape index (κ3) is 2.21. The summed E-state index contributed by atoms with van der Waals surface area (Å²) in [5.41, 5.74) is 18.3. The van der Waals surface area contributed by atoms with Crippen molar-refractivity contribution in [1.29, 1.82) is 0 Å². The van der Waals surface area contributed by atoms with Gasteiger partial charge in [-0.25, -0.2) is 4.98 Å². The quantitative estimate of drug-likeness (QED) is 0.661. The van der Waals surface area contributed by atoms with Crippen molar-refractivity contribution in [1.82, 2.24) is 4.98 Å². The number of fused-ring (bicyclic) bond motifs is 1. The predicted molar refractivity (Wildman–Crippen MR) is 90.2 cm³/mol. The van der Waals surface area contributed by atoms with Gasteiger partial charge in [-0.1, -0.05) is 23.8 Å². The lowest BCUT2D eigenvalue weighted by molar-refractivity contribution is 1.30. The van der Waals surface area contributed by atoms with Crippen molar-refractivity contribution < 1.29 is 0 Å². The molecule has 0 aliphatic rings. The van der Waals surface area contributed by atoms with Crippen LogP contribution in [0.3, 0.4) is 0 Å². The van der Waals surface area contributed by atoms with Gasteiger partial charge in [0.05, 0.1) is 5.69 Å². The highest BCUT2D eigenvalue weighted by Crippen LogP contribution is 2.34. The third-order valence-corrected chi connectivity index (χ3v) is 3.89. The van der Waals surface area contributed by atoms with Gasteiger partial charge >= 0.3 is 0 Å². The number of rotatable bonds is 1. The first-order valence-electron chi connectivity index (χ1n) is 7.00. The lowest BCUT2D eigenvalue weighted by atomic mass is 9.96. The van der Waals surface area contributed by atoms with Gasteiger partial charge in [-0.2, -0.15) is 0 Å². The lowest BCUT2D eigenvalue weighted by Gasteiger charge is -2.14. The van der Waals surface area contributed by atoms with Crippen molar-refractivity contribution in [2.45, 2.75) is 20.8 Å². The van der Waals surface area contributed by atoms with Crippen LogP contribution in [-0.2, 0) is 0 Å². The molecule has 3 aromatic rings. The summed E-state index contributed by atoms with van der Waals surface area (Å²) < 4.78 is 0. The largest absolute Gasteiger partial charge is 0.399 e. The number of hydrogen-bond donors (Lipinski definition) is 2. The molecule has 0 radical (unpaired) electrons. The number of aryl methyl sites for hydroxylation is 3. The van der Waals surface area contributed by atoms with E-state index < -0.39 is 0 Å². The van der Waals surface area contributed by atoms with Crippen LogP contribution in [0.2, 0.25) is 0 Å². The smallest absolute Gasteiger partial charge is 0.132 e. The van der Waals surface area contributed by atoms with Gasteiger partial charge in [-0.3, -0.25) is 0 Å². The van der Waals surface area contributed by atoms with Crippen LogP contribution in [0.4, 0.5) is 11.5 Å². The molecule has 3 heteroatoms. The molecule has 1 aromatic heterocycles. The van der Waals surface area contributed by atoms with E-state index in [-0.39, 0.29) is 0 Å². The number of nitrogens with zero attached hydrogens (tertiary/aromatic N) is 1. The van der Waals surface area contributed by atoms with Crippen LogP contribution in [0.1, 0.15) is 16.7 Å². The molecule has 0 aliphatic carbocycles. The Morgan fingerprint density at radius 3 is 2.43 bits per heavy atom. The highest BCUT2D eigenvalue weighted by Gasteiger charge is 2.13. The summed E-state index contributed by atoms with van der Waals surface area (Å²) >= 11 is 0. The Labute approximate surface area is 124 Å². The zero-order valence-electron chi connectivity index (χ0n) is 12.6. The molecule has 3 rings (SSSR count). The Kier molecular flexibility index (Phi) is 3.05. The fraction of sp³-hybridized carbons (Fsp3) is 0.167. The molecular formula is C18H19N3. The molecule has 21 heavy (non-hydrogen) atoms. The number of benzene rings is 2. The van der Waals surface area contributed by atoms with Crippen molar-refractivity contribution in [3.63, 3.8) is 0 Å². The molecule has 0 aliphatic heterocycles. The van der Waals surface area contributed by atoms with Gasteiger partial charge in [0.2, 0.25) is 0 Å². The molecular weight excluding hydrogens is 258 g/mol. The van der Waals surface area contributed by atoms with E-state index in [9.17, 15) is 0 Å². The van der Waals surface area contributed by atoms with Gasteiger partial charge in [0.15, 0.2) is 0 Å². The second-order valence-electron chi connectivity index (χ2n) is 5.60. The van der Waals surface area contributed by atoms with Crippen molar-refractivity contribution in [3.8, 4) is 11.3 Å². The maximum absolute atomic E-state index is 6.17. The summed E-state index contributed by atoms with van der Waals surface area (Å²) in [6, 6.07) is 12.2. The molecule has 4 N–H and O–H groups in total. The van der Waals surface area contributed by atoms with Crippen LogP contribution >= 0.6 is 0 Å². The minimum atomic E-state index is 0.530. The maximum Gasteiger partial charge on any atom is 0.132 e. The number of anilines is 2. The Morgan fingerprint density at radius 1 is 0.952 bits per heavy atom. The number of pyridine rings is 1. The number of nitrogen functional groups attached to an aromatic ring is 2. The molecule has 0 unspecified atom stereocenters. The fourth-order valence-electron chi connectivity index (χ4n) is 2.97. The second-order valence-corrected chi connectivity index (χ2v) is 5.60. The SMILES string of the molecule is Cc1cccc(-c2nc(N)c3cc(N)cc(C)c3c2C)c1. The fourth-order valence-corrected chi connectivity index (χ4v) is 2.97. The molecule has 0 amide bonds. The van der Waals surface area contributed by atoms with Crippen LogP contribution in [0.5, 0.6) is 0 Å². The highest BCUT2D eigenvalue weighted by molar-refractivity contribution is 6.00. The molecule has 0 saturated heterocycles. The molecule has 0 atom stereocenters. The molecule has 0 spiro atoms. The predicted octanol–water partition coefficient (Wildman–Crippen LogP) is 3.99. The zero-order chi connectivity index (χ0) is 15.1. The Morgan fingerprint density at radius 2 is 1.71 bits per heavy atom. The summed E-state index contributed by atoms with van der Waals surface area (Å²) in [6.07, 6.45) is 0. The molecule has 2 aromatic carbocycles. The minimum absolute atomic E-state index is 0.530. The maximum atomic E-state index is 6.17. The molecule has 0 fully saturated rings. The Bertz CT molecular complexity index is 851. The molecule has 0 saturated carbocycles. The van der Waals surface area contributed by atoms with Crippen molar-refractivity contribution in [2.24, 2.45) is 0 Å². The molecule has 106 valence electrons. The van der Waals surface area contributed by atoms with E-state index in [4.69, 9.17) is 11.5 Å². The standard InChI is InChI=1S/C18H19N3/c1-10-5-4-6-13(7-10)17-12(3)16-11(2)8-14(19)9-15(16)18(20)21-17/h4-9H,19H2,1-3H3,(H2,20,21). The van der Waals surface area contributed by atoms with E-state index in [1.165, 1.54) is 5.56 Å². The Hall–Kier alpha value is -2.55. The lowest BCUT2D eigenvalue weighted by Crippen LogP contribution is -2.00. The van der Waals surface area contributed by atoms with Gasteiger partial charge in [0, 0.05) is 16.6 Å². The highest BCUT2D eigenvalue weighted by atomic mass is 14.8. The van der Waals surface area contributed by atoms with Gasteiger partial charge in [-0.05, 0) is 55.5 Å². The summed E-state index contributed by atoms with van der Waals surface area (Å²) in [6.45, 7) is 6.23. The van der Waals surface area contributed by atoms with Crippen molar-refractivity contribution >= 4 is 22.3 Å². The van der Waals surface area contributed by atoms with E-state index in [0.717, 1.165) is 38.8 Å². The summed E-state index contributed by atoms with van der Waals surface area (Å²) in [5, 5.41) is 2.08. The summed E-state index contributed by atoms with van der Waals surface area (Å²) in [5.74, 6) is 0.530. The average Bonchev–Trinajstić information content (AvgIpc) is 2.42. The van der Waals surface area contributed by atoms with E-state index in [1.54, 1.807) is 0 Å². The topological polar surface area (TPSA) is 64.9 Å². The van der Waals surface area contributed by atoms with Gasteiger partial charge < -0.3 is 11.5 Å². The summed E-state index contributed by atoms with van der Waals surface area (Å²) in [7, 11) is 0. The normalized spacial score (nSPS) is 11.0. The van der Waals surface area contributed by atoms with Gasteiger partial charge in [-0.15, -0.1) is 0 Å². The molecule has 0 bridgehead atoms. The number of hydrogen-bond acceptors (Lipinski definition) is 3. The van der Waals surface area contributed by atoms with Crippen LogP contribution < -0.4 is 11.5 Å². The van der Waals surface area contributed by atoms with Crippen molar-refractivity contribution in [2.75, 3.05) is 11.5 Å². The van der Waals surface area contributed by atoms with E-state index in [2.05, 4.69) is 44.0 Å². The second kappa shape index (κ2) is 4.77.